The molecule has 0 radical (unpaired) electrons. The van der Waals surface area contributed by atoms with E-state index >= 15 is 0 Å². The zero-order valence-electron chi connectivity index (χ0n) is 11.5. The number of hydrogen-bond acceptors (Lipinski definition) is 2. The first-order chi connectivity index (χ1) is 10.2. The fourth-order valence-electron chi connectivity index (χ4n) is 2.91. The van der Waals surface area contributed by atoms with E-state index in [0.717, 1.165) is 28.6 Å². The summed E-state index contributed by atoms with van der Waals surface area (Å²) in [5, 5.41) is 14.5. The van der Waals surface area contributed by atoms with Gasteiger partial charge in [0.2, 0.25) is 0 Å². The van der Waals surface area contributed by atoms with Crippen LogP contribution in [0.5, 0.6) is 0 Å². The summed E-state index contributed by atoms with van der Waals surface area (Å²) in [5.41, 5.74) is 2.56. The van der Waals surface area contributed by atoms with Crippen molar-refractivity contribution in [3.63, 3.8) is 0 Å². The smallest absolute Gasteiger partial charge is 0.145 e. The van der Waals surface area contributed by atoms with Gasteiger partial charge in [0.25, 0.3) is 0 Å². The molecule has 3 rings (SSSR count). The zero-order chi connectivity index (χ0) is 14.8. The fourth-order valence-corrected chi connectivity index (χ4v) is 3.42. The van der Waals surface area contributed by atoms with Crippen molar-refractivity contribution < 1.29 is 0 Å². The first-order valence-electron chi connectivity index (χ1n) is 7.10. The van der Waals surface area contributed by atoms with Gasteiger partial charge in [-0.25, -0.2) is 4.68 Å². The van der Waals surface area contributed by atoms with Gasteiger partial charge in [0.15, 0.2) is 0 Å². The van der Waals surface area contributed by atoms with Gasteiger partial charge < -0.3 is 0 Å². The quantitative estimate of drug-likeness (QED) is 0.779. The standard InChI is InChI=1S/C16H15BrClN3/c17-13-7-5-11(6-8-13)10-21-16(18)14(9-19)15(20-21)12-3-1-2-4-12/h5-8,12H,1-4,10H2. The van der Waals surface area contributed by atoms with E-state index in [1.165, 1.54) is 12.8 Å². The third-order valence-corrected chi connectivity index (χ3v) is 4.93. The van der Waals surface area contributed by atoms with E-state index < -0.39 is 0 Å². The van der Waals surface area contributed by atoms with Crippen LogP contribution in [0.3, 0.4) is 0 Å². The predicted octanol–water partition coefficient (Wildman–Crippen LogP) is 4.88. The van der Waals surface area contributed by atoms with Gasteiger partial charge in [0, 0.05) is 10.4 Å². The maximum atomic E-state index is 9.38. The molecule has 0 N–H and O–H groups in total. The van der Waals surface area contributed by atoms with Crippen LogP contribution < -0.4 is 0 Å². The van der Waals surface area contributed by atoms with E-state index in [0.29, 0.717) is 23.2 Å². The fraction of sp³-hybridized carbons (Fsp3) is 0.375. The molecule has 108 valence electrons. The van der Waals surface area contributed by atoms with Crippen molar-refractivity contribution in [2.24, 2.45) is 0 Å². The van der Waals surface area contributed by atoms with Gasteiger partial charge in [-0.3, -0.25) is 0 Å². The molecule has 0 spiro atoms. The molecular formula is C16H15BrClN3. The van der Waals surface area contributed by atoms with Crippen molar-refractivity contribution in [1.82, 2.24) is 9.78 Å². The van der Waals surface area contributed by atoms with Crippen LogP contribution in [-0.4, -0.2) is 9.78 Å². The second-order valence-corrected chi connectivity index (χ2v) is 6.70. The molecule has 1 heterocycles. The van der Waals surface area contributed by atoms with Gasteiger partial charge in [-0.05, 0) is 30.5 Å². The summed E-state index contributed by atoms with van der Waals surface area (Å²) in [5.74, 6) is 0.392. The molecule has 1 fully saturated rings. The lowest BCUT2D eigenvalue weighted by Crippen LogP contribution is -2.03. The van der Waals surface area contributed by atoms with E-state index in [-0.39, 0.29) is 0 Å². The van der Waals surface area contributed by atoms with Crippen LogP contribution in [0.15, 0.2) is 28.7 Å². The van der Waals surface area contributed by atoms with Gasteiger partial charge in [-0.1, -0.05) is 52.5 Å². The molecule has 0 atom stereocenters. The first-order valence-corrected chi connectivity index (χ1v) is 8.27. The lowest BCUT2D eigenvalue weighted by atomic mass is 10.0. The molecule has 1 aliphatic carbocycles. The van der Waals surface area contributed by atoms with Crippen molar-refractivity contribution in [1.29, 1.82) is 5.26 Å². The second-order valence-electron chi connectivity index (χ2n) is 5.43. The van der Waals surface area contributed by atoms with Crippen LogP contribution >= 0.6 is 27.5 Å². The number of nitrogens with zero attached hydrogens (tertiary/aromatic N) is 3. The van der Waals surface area contributed by atoms with Crippen LogP contribution in [0.2, 0.25) is 5.15 Å². The molecule has 0 aliphatic heterocycles. The van der Waals surface area contributed by atoms with Crippen molar-refractivity contribution in [3.05, 3.63) is 50.7 Å². The molecule has 1 aliphatic rings. The van der Waals surface area contributed by atoms with Crippen molar-refractivity contribution in [2.45, 2.75) is 38.1 Å². The average Bonchev–Trinajstić information content (AvgIpc) is 3.10. The molecule has 0 bridgehead atoms. The van der Waals surface area contributed by atoms with Gasteiger partial charge in [0.1, 0.15) is 16.8 Å². The lowest BCUT2D eigenvalue weighted by Gasteiger charge is -2.05. The minimum absolute atomic E-state index is 0.392. The average molecular weight is 365 g/mol. The monoisotopic (exact) mass is 363 g/mol. The summed E-state index contributed by atoms with van der Waals surface area (Å²) in [6, 6.07) is 10.3. The van der Waals surface area contributed by atoms with Crippen LogP contribution in [0.4, 0.5) is 0 Å². The Morgan fingerprint density at radius 1 is 1.29 bits per heavy atom. The SMILES string of the molecule is N#Cc1c(C2CCCC2)nn(Cc2ccc(Br)cc2)c1Cl. The topological polar surface area (TPSA) is 41.6 Å². The van der Waals surface area contributed by atoms with E-state index in [2.05, 4.69) is 27.1 Å². The lowest BCUT2D eigenvalue weighted by molar-refractivity contribution is 0.629. The summed E-state index contributed by atoms with van der Waals surface area (Å²) >= 11 is 9.78. The zero-order valence-corrected chi connectivity index (χ0v) is 13.9. The van der Waals surface area contributed by atoms with E-state index in [1.807, 2.05) is 24.3 Å². The highest BCUT2D eigenvalue weighted by atomic mass is 79.9. The number of nitriles is 1. The molecule has 0 unspecified atom stereocenters. The molecule has 0 amide bonds. The second kappa shape index (κ2) is 6.21. The molecule has 21 heavy (non-hydrogen) atoms. The summed E-state index contributed by atoms with van der Waals surface area (Å²) in [7, 11) is 0. The maximum absolute atomic E-state index is 9.38. The largest absolute Gasteiger partial charge is 0.248 e. The predicted molar refractivity (Wildman–Crippen MR) is 86.4 cm³/mol. The van der Waals surface area contributed by atoms with Crippen molar-refractivity contribution >= 4 is 27.5 Å². The Morgan fingerprint density at radius 2 is 1.95 bits per heavy atom. The van der Waals surface area contributed by atoms with Crippen molar-refractivity contribution in [3.8, 4) is 6.07 Å². The van der Waals surface area contributed by atoms with E-state index in [9.17, 15) is 5.26 Å². The third-order valence-electron chi connectivity index (χ3n) is 4.02. The summed E-state index contributed by atoms with van der Waals surface area (Å²) < 4.78 is 2.79. The van der Waals surface area contributed by atoms with Gasteiger partial charge in [-0.15, -0.1) is 0 Å². The van der Waals surface area contributed by atoms with Crippen LogP contribution in [0, 0.1) is 11.3 Å². The van der Waals surface area contributed by atoms with Crippen molar-refractivity contribution in [2.75, 3.05) is 0 Å². The van der Waals surface area contributed by atoms with Gasteiger partial charge >= 0.3 is 0 Å². The van der Waals surface area contributed by atoms with Crippen LogP contribution in [0.25, 0.3) is 0 Å². The normalized spacial score (nSPS) is 15.3. The Kier molecular flexibility index (Phi) is 4.32. The summed E-state index contributed by atoms with van der Waals surface area (Å²) in [6.07, 6.45) is 4.65. The minimum Gasteiger partial charge on any atom is -0.248 e. The van der Waals surface area contributed by atoms with Crippen LogP contribution in [-0.2, 0) is 6.54 Å². The summed E-state index contributed by atoms with van der Waals surface area (Å²) in [6.45, 7) is 0.591. The molecule has 1 aromatic heterocycles. The minimum atomic E-state index is 0.392. The molecule has 1 saturated carbocycles. The Labute approximate surface area is 137 Å². The van der Waals surface area contributed by atoms with Gasteiger partial charge in [0.05, 0.1) is 12.2 Å². The van der Waals surface area contributed by atoms with E-state index in [4.69, 9.17) is 11.6 Å². The summed E-state index contributed by atoms with van der Waals surface area (Å²) in [4.78, 5) is 0. The number of hydrogen-bond donors (Lipinski definition) is 0. The number of rotatable bonds is 3. The molecule has 0 saturated heterocycles. The molecule has 3 nitrogen and oxygen atoms in total. The number of aromatic nitrogens is 2. The molecule has 1 aromatic carbocycles. The Balaban J connectivity index is 1.92. The maximum Gasteiger partial charge on any atom is 0.145 e. The van der Waals surface area contributed by atoms with Crippen LogP contribution in [0.1, 0.15) is 48.4 Å². The Hall–Kier alpha value is -1.31. The highest BCUT2D eigenvalue weighted by molar-refractivity contribution is 9.10. The molecular weight excluding hydrogens is 350 g/mol. The Bertz CT molecular complexity index is 679. The molecule has 2 aromatic rings. The number of benzene rings is 1. The highest BCUT2D eigenvalue weighted by Gasteiger charge is 2.26. The Morgan fingerprint density at radius 3 is 2.57 bits per heavy atom. The third kappa shape index (κ3) is 3.00. The van der Waals surface area contributed by atoms with Gasteiger partial charge in [-0.2, -0.15) is 10.4 Å². The molecule has 5 heteroatoms. The highest BCUT2D eigenvalue weighted by Crippen LogP contribution is 2.37. The van der Waals surface area contributed by atoms with E-state index in [1.54, 1.807) is 4.68 Å². The first kappa shape index (κ1) is 14.6. The number of halogens is 2.